The average molecular weight is 271 g/mol. The van der Waals surface area contributed by atoms with E-state index in [-0.39, 0.29) is 29.9 Å². The van der Waals surface area contributed by atoms with Crippen LogP contribution in [0.25, 0.3) is 0 Å². The first kappa shape index (κ1) is 17.9. The lowest BCUT2D eigenvalue weighted by atomic mass is 10.1. The second-order valence-electron chi connectivity index (χ2n) is 5.90. The van der Waals surface area contributed by atoms with Gasteiger partial charge in [-0.25, -0.2) is 0 Å². The number of unbranched alkanes of at least 4 members (excludes halogenated alkanes) is 2. The van der Waals surface area contributed by atoms with Crippen LogP contribution < -0.4 is 16.0 Å². The number of hydrogen-bond donors (Lipinski definition) is 3. The van der Waals surface area contributed by atoms with Crippen LogP contribution in [0.15, 0.2) is 0 Å². The van der Waals surface area contributed by atoms with Gasteiger partial charge in [0.2, 0.25) is 11.8 Å². The molecule has 0 aromatic rings. The molecule has 0 saturated heterocycles. The second kappa shape index (κ2) is 8.91. The molecule has 0 heterocycles. The van der Waals surface area contributed by atoms with E-state index >= 15 is 0 Å². The number of carbonyl (C=O) groups excluding carboxylic acids is 2. The van der Waals surface area contributed by atoms with E-state index in [1.54, 1.807) is 6.92 Å². The van der Waals surface area contributed by atoms with Crippen molar-refractivity contribution in [3.05, 3.63) is 0 Å². The van der Waals surface area contributed by atoms with Gasteiger partial charge in [-0.05, 0) is 34.1 Å². The summed E-state index contributed by atoms with van der Waals surface area (Å²) in [5.74, 6) is -0.155. The maximum atomic E-state index is 11.7. The van der Waals surface area contributed by atoms with Gasteiger partial charge in [0.25, 0.3) is 0 Å². The SMILES string of the molecule is CCCCCNC(=O)C(C)NCC(=O)NC(C)(C)C. The Morgan fingerprint density at radius 1 is 1.16 bits per heavy atom. The molecule has 0 saturated carbocycles. The molecule has 19 heavy (non-hydrogen) atoms. The maximum absolute atomic E-state index is 11.7. The molecule has 0 fully saturated rings. The van der Waals surface area contributed by atoms with E-state index in [1.165, 1.54) is 0 Å². The highest BCUT2D eigenvalue weighted by Crippen LogP contribution is 1.97. The first-order valence-corrected chi connectivity index (χ1v) is 7.08. The minimum absolute atomic E-state index is 0.0559. The molecule has 0 aliphatic heterocycles. The summed E-state index contributed by atoms with van der Waals surface area (Å²) in [4.78, 5) is 23.3. The van der Waals surface area contributed by atoms with Crippen molar-refractivity contribution in [2.45, 2.75) is 65.5 Å². The fraction of sp³-hybridized carbons (Fsp3) is 0.857. The van der Waals surface area contributed by atoms with Crippen molar-refractivity contribution in [1.29, 1.82) is 0 Å². The fourth-order valence-corrected chi connectivity index (χ4v) is 1.54. The summed E-state index contributed by atoms with van der Waals surface area (Å²) >= 11 is 0. The molecular weight excluding hydrogens is 242 g/mol. The smallest absolute Gasteiger partial charge is 0.236 e. The molecule has 0 radical (unpaired) electrons. The average Bonchev–Trinajstić information content (AvgIpc) is 2.29. The summed E-state index contributed by atoms with van der Waals surface area (Å²) in [6.07, 6.45) is 3.26. The predicted octanol–water partition coefficient (Wildman–Crippen LogP) is 1.19. The van der Waals surface area contributed by atoms with Crippen LogP contribution in [0.1, 0.15) is 53.9 Å². The van der Waals surface area contributed by atoms with E-state index in [0.29, 0.717) is 6.54 Å². The Hall–Kier alpha value is -1.10. The second-order valence-corrected chi connectivity index (χ2v) is 5.90. The van der Waals surface area contributed by atoms with Crippen molar-refractivity contribution < 1.29 is 9.59 Å². The minimum Gasteiger partial charge on any atom is -0.355 e. The molecule has 2 amide bonds. The Morgan fingerprint density at radius 3 is 2.32 bits per heavy atom. The third-order valence-electron chi connectivity index (χ3n) is 2.56. The van der Waals surface area contributed by atoms with E-state index < -0.39 is 0 Å². The van der Waals surface area contributed by atoms with Gasteiger partial charge in [0.15, 0.2) is 0 Å². The van der Waals surface area contributed by atoms with Crippen LogP contribution in [-0.4, -0.2) is 36.5 Å². The van der Waals surface area contributed by atoms with Gasteiger partial charge in [-0.3, -0.25) is 14.9 Å². The molecule has 0 aliphatic rings. The number of hydrogen-bond acceptors (Lipinski definition) is 3. The van der Waals surface area contributed by atoms with Gasteiger partial charge in [-0.15, -0.1) is 0 Å². The van der Waals surface area contributed by atoms with E-state index in [1.807, 2.05) is 20.8 Å². The Kier molecular flexibility index (Phi) is 8.39. The topological polar surface area (TPSA) is 70.2 Å². The van der Waals surface area contributed by atoms with Crippen LogP contribution in [0.2, 0.25) is 0 Å². The van der Waals surface area contributed by atoms with E-state index in [2.05, 4.69) is 22.9 Å². The largest absolute Gasteiger partial charge is 0.355 e. The fourth-order valence-electron chi connectivity index (χ4n) is 1.54. The van der Waals surface area contributed by atoms with Crippen LogP contribution in [0.3, 0.4) is 0 Å². The first-order chi connectivity index (χ1) is 8.76. The molecule has 112 valence electrons. The highest BCUT2D eigenvalue weighted by atomic mass is 16.2. The summed E-state index contributed by atoms with van der Waals surface area (Å²) in [6.45, 7) is 10.5. The van der Waals surface area contributed by atoms with Crippen molar-refractivity contribution >= 4 is 11.8 Å². The Bertz CT molecular complexity index is 285. The lowest BCUT2D eigenvalue weighted by Gasteiger charge is -2.21. The van der Waals surface area contributed by atoms with Gasteiger partial charge in [0, 0.05) is 12.1 Å². The molecule has 0 aromatic carbocycles. The predicted molar refractivity (Wildman–Crippen MR) is 77.9 cm³/mol. The van der Waals surface area contributed by atoms with Crippen molar-refractivity contribution in [2.75, 3.05) is 13.1 Å². The molecule has 0 spiro atoms. The molecule has 5 heteroatoms. The zero-order valence-corrected chi connectivity index (χ0v) is 12.9. The van der Waals surface area contributed by atoms with Crippen LogP contribution >= 0.6 is 0 Å². The zero-order valence-electron chi connectivity index (χ0n) is 12.9. The summed E-state index contributed by atoms with van der Waals surface area (Å²) in [5.41, 5.74) is -0.246. The maximum Gasteiger partial charge on any atom is 0.236 e. The van der Waals surface area contributed by atoms with Gasteiger partial charge in [0.05, 0.1) is 12.6 Å². The molecule has 5 nitrogen and oxygen atoms in total. The van der Waals surface area contributed by atoms with Crippen molar-refractivity contribution in [2.24, 2.45) is 0 Å². The van der Waals surface area contributed by atoms with Crippen LogP contribution in [0.5, 0.6) is 0 Å². The van der Waals surface area contributed by atoms with Gasteiger partial charge in [-0.1, -0.05) is 19.8 Å². The lowest BCUT2D eigenvalue weighted by molar-refractivity contribution is -0.123. The number of nitrogens with one attached hydrogen (secondary N) is 3. The van der Waals surface area contributed by atoms with Gasteiger partial charge in [-0.2, -0.15) is 0 Å². The summed E-state index contributed by atoms with van der Waals surface area (Å²) in [6, 6.07) is -0.354. The van der Waals surface area contributed by atoms with Crippen molar-refractivity contribution in [3.8, 4) is 0 Å². The number of amides is 2. The van der Waals surface area contributed by atoms with Crippen LogP contribution in [0, 0.1) is 0 Å². The summed E-state index contributed by atoms with van der Waals surface area (Å²) in [7, 11) is 0. The normalized spacial score (nSPS) is 12.9. The Morgan fingerprint density at radius 2 is 1.79 bits per heavy atom. The minimum atomic E-state index is -0.354. The molecule has 0 aliphatic carbocycles. The van der Waals surface area contributed by atoms with Gasteiger partial charge in [0.1, 0.15) is 0 Å². The first-order valence-electron chi connectivity index (χ1n) is 7.08. The lowest BCUT2D eigenvalue weighted by Crippen LogP contribution is -2.49. The molecular formula is C14H29N3O2. The highest BCUT2D eigenvalue weighted by molar-refractivity contribution is 5.83. The number of carbonyl (C=O) groups is 2. The molecule has 0 rings (SSSR count). The molecule has 1 unspecified atom stereocenters. The summed E-state index contributed by atoms with van der Waals surface area (Å²) < 4.78 is 0. The standard InChI is InChI=1S/C14H29N3O2/c1-6-7-8-9-15-13(19)11(2)16-10-12(18)17-14(3,4)5/h11,16H,6-10H2,1-5H3,(H,15,19)(H,17,18). The third-order valence-corrected chi connectivity index (χ3v) is 2.56. The van der Waals surface area contributed by atoms with Gasteiger partial charge >= 0.3 is 0 Å². The van der Waals surface area contributed by atoms with E-state index in [4.69, 9.17) is 0 Å². The summed E-state index contributed by atoms with van der Waals surface area (Å²) in [5, 5.41) is 8.62. The molecule has 0 bridgehead atoms. The van der Waals surface area contributed by atoms with Crippen molar-refractivity contribution in [3.63, 3.8) is 0 Å². The highest BCUT2D eigenvalue weighted by Gasteiger charge is 2.16. The third kappa shape index (κ3) is 10.5. The monoisotopic (exact) mass is 271 g/mol. The Balaban J connectivity index is 3.81. The Labute approximate surface area is 116 Å². The quantitative estimate of drug-likeness (QED) is 0.581. The molecule has 3 N–H and O–H groups in total. The van der Waals surface area contributed by atoms with E-state index in [9.17, 15) is 9.59 Å². The van der Waals surface area contributed by atoms with E-state index in [0.717, 1.165) is 19.3 Å². The van der Waals surface area contributed by atoms with Crippen LogP contribution in [0.4, 0.5) is 0 Å². The van der Waals surface area contributed by atoms with Gasteiger partial charge < -0.3 is 10.6 Å². The molecule has 0 aromatic heterocycles. The molecule has 1 atom stereocenters. The number of rotatable bonds is 8. The zero-order chi connectivity index (χ0) is 14.9. The van der Waals surface area contributed by atoms with Crippen LogP contribution in [-0.2, 0) is 9.59 Å². The van der Waals surface area contributed by atoms with Crippen molar-refractivity contribution in [1.82, 2.24) is 16.0 Å².